The predicted molar refractivity (Wildman–Crippen MR) is 299 cm³/mol. The van der Waals surface area contributed by atoms with Crippen molar-refractivity contribution in [2.75, 3.05) is 26.4 Å². The van der Waals surface area contributed by atoms with Crippen molar-refractivity contribution in [3.63, 3.8) is 0 Å². The highest BCUT2D eigenvalue weighted by atomic mass is 16.6. The van der Waals surface area contributed by atoms with E-state index >= 15 is 0 Å². The maximum absolute atomic E-state index is 7.34. The number of epoxide rings is 2. The third kappa shape index (κ3) is 17.6. The molecule has 4 nitrogen and oxygen atoms in total. The minimum Gasteiger partial charge on any atom is -0.493 e. The van der Waals surface area contributed by atoms with E-state index < -0.39 is 0 Å². The molecule has 0 aromatic heterocycles. The van der Waals surface area contributed by atoms with Crippen LogP contribution in [-0.4, -0.2) is 38.6 Å². The van der Waals surface area contributed by atoms with Crippen molar-refractivity contribution in [1.29, 1.82) is 0 Å². The van der Waals surface area contributed by atoms with Gasteiger partial charge in [-0.2, -0.15) is 0 Å². The number of hydrogen-bond acceptors (Lipinski definition) is 4. The molecule has 4 unspecified atom stereocenters. The lowest BCUT2D eigenvalue weighted by Gasteiger charge is -2.42. The first-order valence-electron chi connectivity index (χ1n) is 28.2. The first kappa shape index (κ1) is 59.5. The molecule has 396 valence electrons. The monoisotopic (exact) mass is 957 g/mol. The lowest BCUT2D eigenvalue weighted by Crippen LogP contribution is -2.32. The second kappa shape index (κ2) is 22.2. The van der Waals surface area contributed by atoms with Gasteiger partial charge in [-0.3, -0.25) is 0 Å². The second-order valence-corrected chi connectivity index (χ2v) is 30.7. The molecule has 4 rings (SSSR count). The van der Waals surface area contributed by atoms with Crippen LogP contribution < -0.4 is 9.47 Å². The largest absolute Gasteiger partial charge is 0.493 e. The third-order valence-electron chi connectivity index (χ3n) is 15.4. The molecule has 2 aliphatic rings. The molecule has 2 heterocycles. The maximum atomic E-state index is 7.34. The summed E-state index contributed by atoms with van der Waals surface area (Å²) in [6.07, 6.45) is 14.3. The first-order chi connectivity index (χ1) is 31.3. The summed E-state index contributed by atoms with van der Waals surface area (Å²) in [5.41, 5.74) is 7.78. The van der Waals surface area contributed by atoms with Gasteiger partial charge in [0.1, 0.15) is 11.5 Å². The van der Waals surface area contributed by atoms with Crippen molar-refractivity contribution in [3.8, 4) is 11.5 Å². The summed E-state index contributed by atoms with van der Waals surface area (Å²) in [4.78, 5) is 0. The Kier molecular flexibility index (Phi) is 19.2. The third-order valence-corrected chi connectivity index (χ3v) is 15.4. The fourth-order valence-corrected chi connectivity index (χ4v) is 13.6. The molecule has 2 aliphatic heterocycles. The highest BCUT2D eigenvalue weighted by Crippen LogP contribution is 2.53. The average Bonchev–Trinajstić information content (AvgIpc) is 4.08. The summed E-state index contributed by atoms with van der Waals surface area (Å²) in [6, 6.07) is 10.4. The Labute approximate surface area is 428 Å². The molecule has 0 amide bonds. The van der Waals surface area contributed by atoms with E-state index in [1.54, 1.807) is 0 Å². The van der Waals surface area contributed by atoms with Crippen LogP contribution in [0.25, 0.3) is 0 Å². The van der Waals surface area contributed by atoms with Crippen LogP contribution in [-0.2, 0) is 36.5 Å². The van der Waals surface area contributed by atoms with Crippen LogP contribution >= 0.6 is 0 Å². The summed E-state index contributed by atoms with van der Waals surface area (Å²) < 4.78 is 26.3. The Morgan fingerprint density at radius 2 is 0.667 bits per heavy atom. The van der Waals surface area contributed by atoms with E-state index in [9.17, 15) is 0 Å². The molecule has 0 radical (unpaired) electrons. The number of hydrogen-bond donors (Lipinski definition) is 0. The van der Waals surface area contributed by atoms with Gasteiger partial charge in [-0.25, -0.2) is 0 Å². The van der Waals surface area contributed by atoms with E-state index in [0.717, 1.165) is 89.3 Å². The number of rotatable bonds is 26. The lowest BCUT2D eigenvalue weighted by molar-refractivity contribution is 0.235. The fourth-order valence-electron chi connectivity index (χ4n) is 13.6. The SMILES string of the molecule is CCCC(CCCOc1c(C(C)(C)CC(C)(C)C)cc(C(C)(C)c2cc(C(C)(C)CC(C)(C)C)c(OCCCC(CCC)C3CO3)c(C(C)(C)CC(C)(C)C)c2)cc1C(C)(C)CC(C)(C)C)C1CO1. The Bertz CT molecular complexity index is 1700. The molecule has 2 aromatic carbocycles. The first-order valence-corrected chi connectivity index (χ1v) is 28.2. The summed E-state index contributed by atoms with van der Waals surface area (Å²) in [6.45, 7) is 61.6. The molecule has 4 atom stereocenters. The van der Waals surface area contributed by atoms with Gasteiger partial charge in [0.05, 0.1) is 38.6 Å². The van der Waals surface area contributed by atoms with Gasteiger partial charge in [0, 0.05) is 27.7 Å². The molecule has 69 heavy (non-hydrogen) atoms. The van der Waals surface area contributed by atoms with E-state index in [0.29, 0.717) is 24.0 Å². The van der Waals surface area contributed by atoms with Crippen LogP contribution in [0.1, 0.15) is 277 Å². The zero-order chi connectivity index (χ0) is 52.4. The van der Waals surface area contributed by atoms with Crippen LogP contribution in [0, 0.1) is 33.5 Å². The maximum Gasteiger partial charge on any atom is 0.126 e. The minimum absolute atomic E-state index is 0.129. The van der Waals surface area contributed by atoms with Gasteiger partial charge in [0.2, 0.25) is 0 Å². The van der Waals surface area contributed by atoms with E-state index in [2.05, 4.69) is 190 Å². The summed E-state index contributed by atoms with van der Waals surface area (Å²) in [5.74, 6) is 3.52. The van der Waals surface area contributed by atoms with E-state index in [-0.39, 0.29) is 48.7 Å². The van der Waals surface area contributed by atoms with Gasteiger partial charge in [0.15, 0.2) is 0 Å². The zero-order valence-corrected chi connectivity index (χ0v) is 50.1. The van der Waals surface area contributed by atoms with Crippen LogP contribution in [0.5, 0.6) is 11.5 Å². The summed E-state index contributed by atoms with van der Waals surface area (Å²) in [7, 11) is 0. The Morgan fingerprint density at radius 1 is 0.420 bits per heavy atom. The van der Waals surface area contributed by atoms with Gasteiger partial charge in [-0.05, 0) is 130 Å². The van der Waals surface area contributed by atoms with Crippen molar-refractivity contribution < 1.29 is 18.9 Å². The Morgan fingerprint density at radius 3 is 0.870 bits per heavy atom. The van der Waals surface area contributed by atoms with Gasteiger partial charge in [-0.1, -0.05) is 203 Å². The van der Waals surface area contributed by atoms with Crippen molar-refractivity contribution in [2.24, 2.45) is 33.5 Å². The highest BCUT2D eigenvalue weighted by molar-refractivity contribution is 5.58. The fraction of sp³-hybridized carbons (Fsp3) is 0.815. The Hall–Kier alpha value is -2.04. The van der Waals surface area contributed by atoms with E-state index in [1.807, 2.05) is 0 Å². The summed E-state index contributed by atoms with van der Waals surface area (Å²) in [5, 5.41) is 0. The molecule has 0 bridgehead atoms. The molecule has 2 saturated heterocycles. The molecule has 4 heteroatoms. The summed E-state index contributed by atoms with van der Waals surface area (Å²) >= 11 is 0. The predicted octanol–water partition coefficient (Wildman–Crippen LogP) is 18.8. The van der Waals surface area contributed by atoms with Crippen molar-refractivity contribution in [1.82, 2.24) is 0 Å². The zero-order valence-electron chi connectivity index (χ0n) is 50.1. The van der Waals surface area contributed by atoms with Crippen LogP contribution in [0.4, 0.5) is 0 Å². The number of benzene rings is 2. The smallest absolute Gasteiger partial charge is 0.126 e. The molecule has 0 aliphatic carbocycles. The van der Waals surface area contributed by atoms with Crippen molar-refractivity contribution in [3.05, 3.63) is 57.6 Å². The topological polar surface area (TPSA) is 43.5 Å². The van der Waals surface area contributed by atoms with E-state index in [4.69, 9.17) is 18.9 Å². The number of ether oxygens (including phenoxy) is 4. The lowest BCUT2D eigenvalue weighted by atomic mass is 9.64. The molecule has 0 saturated carbocycles. The van der Waals surface area contributed by atoms with Gasteiger partial charge >= 0.3 is 0 Å². The highest BCUT2D eigenvalue weighted by Gasteiger charge is 2.42. The molecule has 2 aromatic rings. The quantitative estimate of drug-likeness (QED) is 0.0696. The van der Waals surface area contributed by atoms with Gasteiger partial charge in [-0.15, -0.1) is 0 Å². The van der Waals surface area contributed by atoms with Crippen molar-refractivity contribution >= 4 is 0 Å². The van der Waals surface area contributed by atoms with Crippen molar-refractivity contribution in [2.45, 2.75) is 283 Å². The molecular weight excluding hydrogens is 845 g/mol. The molecule has 0 N–H and O–H groups in total. The molecule has 0 spiro atoms. The van der Waals surface area contributed by atoms with Gasteiger partial charge < -0.3 is 18.9 Å². The van der Waals surface area contributed by atoms with Crippen LogP contribution in [0.15, 0.2) is 24.3 Å². The van der Waals surface area contributed by atoms with Crippen LogP contribution in [0.3, 0.4) is 0 Å². The van der Waals surface area contributed by atoms with Gasteiger partial charge in [0.25, 0.3) is 0 Å². The van der Waals surface area contributed by atoms with Crippen LogP contribution in [0.2, 0.25) is 0 Å². The standard InChI is InChI=1S/C65H112O4/c1-25-29-45(53-39-68-53)31-27-33-66-55-49(61(15,16)41-57(3,4)5)35-47(36-50(55)62(17,18)42-58(6,7)8)65(23,24)48-37-51(63(19,20)43-59(9,10)11)56(52(38-48)64(21,22)44-60(12,13)14)67-34-28-32-46(30-26-2)54-40-69-54/h35-38,45-46,53-54H,25-34,39-44H2,1-24H3. The average molecular weight is 958 g/mol. The normalized spacial score (nSPS) is 18.6. The molecule has 2 fully saturated rings. The van der Waals surface area contributed by atoms with E-state index in [1.165, 1.54) is 59.1 Å². The minimum atomic E-state index is -0.343. The second-order valence-electron chi connectivity index (χ2n) is 30.7. The Balaban J connectivity index is 2.04. The molecular formula is C65H112O4.